The van der Waals surface area contributed by atoms with Crippen LogP contribution in [0.15, 0.2) is 36.4 Å². The van der Waals surface area contributed by atoms with Crippen LogP contribution in [0.5, 0.6) is 0 Å². The van der Waals surface area contributed by atoms with Crippen molar-refractivity contribution in [1.29, 1.82) is 5.26 Å². The maximum absolute atomic E-state index is 12.2. The van der Waals surface area contributed by atoms with Gasteiger partial charge in [0, 0.05) is 10.8 Å². The summed E-state index contributed by atoms with van der Waals surface area (Å²) in [4.78, 5) is 25.1. The van der Waals surface area contributed by atoms with E-state index in [4.69, 9.17) is 10.4 Å². The number of urea groups is 1. The number of amides is 3. The molecule has 1 fully saturated rings. The lowest BCUT2D eigenvalue weighted by Crippen LogP contribution is -2.33. The first kappa shape index (κ1) is 13.1. The van der Waals surface area contributed by atoms with Gasteiger partial charge in [0.05, 0.1) is 23.9 Å². The van der Waals surface area contributed by atoms with Crippen molar-refractivity contribution in [2.75, 3.05) is 11.5 Å². The molecule has 1 aliphatic heterocycles. The first-order valence-corrected chi connectivity index (χ1v) is 6.34. The Bertz CT molecular complexity index is 794. The first-order valence-electron chi connectivity index (χ1n) is 6.34. The minimum Gasteiger partial charge on any atom is -0.394 e. The fraction of sp³-hybridized carbons (Fsp3) is 0.133. The molecule has 1 atom stereocenters. The van der Waals surface area contributed by atoms with Crippen molar-refractivity contribution in [3.63, 3.8) is 0 Å². The highest BCUT2D eigenvalue weighted by molar-refractivity contribution is 6.24. The summed E-state index contributed by atoms with van der Waals surface area (Å²) >= 11 is 0. The van der Waals surface area contributed by atoms with E-state index in [1.807, 2.05) is 0 Å². The maximum Gasteiger partial charge on any atom is 0.329 e. The van der Waals surface area contributed by atoms with Crippen molar-refractivity contribution in [1.82, 2.24) is 5.32 Å². The number of hydrogen-bond acceptors (Lipinski definition) is 4. The number of benzene rings is 2. The molecule has 0 saturated carbocycles. The molecule has 2 aromatic rings. The van der Waals surface area contributed by atoms with Crippen LogP contribution in [0.25, 0.3) is 10.8 Å². The van der Waals surface area contributed by atoms with Crippen molar-refractivity contribution in [2.45, 2.75) is 6.04 Å². The van der Waals surface area contributed by atoms with Gasteiger partial charge in [-0.2, -0.15) is 5.26 Å². The fourth-order valence-corrected chi connectivity index (χ4v) is 2.46. The van der Waals surface area contributed by atoms with Crippen molar-refractivity contribution in [2.24, 2.45) is 0 Å². The van der Waals surface area contributed by atoms with Gasteiger partial charge in [0.25, 0.3) is 5.91 Å². The summed E-state index contributed by atoms with van der Waals surface area (Å²) in [6, 6.07) is 10.8. The van der Waals surface area contributed by atoms with E-state index in [1.54, 1.807) is 36.4 Å². The molecule has 0 aliphatic carbocycles. The largest absolute Gasteiger partial charge is 0.394 e. The number of hydrogen-bond donors (Lipinski definition) is 2. The molecular formula is C15H11N3O3. The SMILES string of the molecule is N#Cc1ccc(N2C(=O)N[C@@H](CO)C2=O)c2ccccc12. The fourth-order valence-electron chi connectivity index (χ4n) is 2.46. The Labute approximate surface area is 120 Å². The van der Waals surface area contributed by atoms with Crippen LogP contribution in [0.4, 0.5) is 10.5 Å². The second-order valence-corrected chi connectivity index (χ2v) is 4.65. The highest BCUT2D eigenvalue weighted by Crippen LogP contribution is 2.31. The normalized spacial score (nSPS) is 17.9. The lowest BCUT2D eigenvalue weighted by molar-refractivity contribution is -0.119. The van der Waals surface area contributed by atoms with Gasteiger partial charge < -0.3 is 10.4 Å². The zero-order valence-electron chi connectivity index (χ0n) is 10.9. The highest BCUT2D eigenvalue weighted by atomic mass is 16.3. The van der Waals surface area contributed by atoms with Crippen molar-refractivity contribution in [3.05, 3.63) is 42.0 Å². The molecule has 0 bridgehead atoms. The first-order chi connectivity index (χ1) is 10.2. The molecule has 3 rings (SSSR count). The summed E-state index contributed by atoms with van der Waals surface area (Å²) in [5.74, 6) is -0.502. The average Bonchev–Trinajstić information content (AvgIpc) is 2.80. The molecule has 21 heavy (non-hydrogen) atoms. The molecular weight excluding hydrogens is 270 g/mol. The zero-order chi connectivity index (χ0) is 15.0. The second kappa shape index (κ2) is 4.89. The molecule has 0 radical (unpaired) electrons. The van der Waals surface area contributed by atoms with Crippen LogP contribution < -0.4 is 10.2 Å². The number of carbonyl (C=O) groups is 2. The van der Waals surface area contributed by atoms with Crippen LogP contribution >= 0.6 is 0 Å². The monoisotopic (exact) mass is 281 g/mol. The van der Waals surface area contributed by atoms with Gasteiger partial charge in [-0.15, -0.1) is 0 Å². The Morgan fingerprint density at radius 3 is 2.52 bits per heavy atom. The van der Waals surface area contributed by atoms with Gasteiger partial charge in [-0.1, -0.05) is 24.3 Å². The molecule has 6 heteroatoms. The Morgan fingerprint density at radius 2 is 1.90 bits per heavy atom. The summed E-state index contributed by atoms with van der Waals surface area (Å²) in [6.45, 7) is -0.449. The van der Waals surface area contributed by atoms with Gasteiger partial charge in [0.2, 0.25) is 0 Å². The van der Waals surface area contributed by atoms with E-state index in [2.05, 4.69) is 11.4 Å². The number of carbonyl (C=O) groups excluding carboxylic acids is 2. The predicted molar refractivity (Wildman–Crippen MR) is 75.6 cm³/mol. The van der Waals surface area contributed by atoms with Gasteiger partial charge in [0.1, 0.15) is 6.04 Å². The van der Waals surface area contributed by atoms with E-state index in [1.165, 1.54) is 0 Å². The third-order valence-electron chi connectivity index (χ3n) is 3.46. The van der Waals surface area contributed by atoms with E-state index < -0.39 is 24.6 Å². The molecule has 1 heterocycles. The van der Waals surface area contributed by atoms with Crippen LogP contribution in [0.2, 0.25) is 0 Å². The molecule has 6 nitrogen and oxygen atoms in total. The van der Waals surface area contributed by atoms with E-state index >= 15 is 0 Å². The third kappa shape index (κ3) is 1.91. The Hall–Kier alpha value is -2.91. The number of aliphatic hydroxyl groups is 1. The number of nitrogens with zero attached hydrogens (tertiary/aromatic N) is 2. The van der Waals surface area contributed by atoms with Gasteiger partial charge >= 0.3 is 6.03 Å². The van der Waals surface area contributed by atoms with Gasteiger partial charge in [-0.3, -0.25) is 4.79 Å². The van der Waals surface area contributed by atoms with Crippen LogP contribution in [0, 0.1) is 11.3 Å². The molecule has 0 aromatic heterocycles. The molecule has 0 spiro atoms. The number of nitriles is 1. The predicted octanol–water partition coefficient (Wildman–Crippen LogP) is 1.13. The number of fused-ring (bicyclic) bond motifs is 1. The van der Waals surface area contributed by atoms with Gasteiger partial charge in [0.15, 0.2) is 0 Å². The van der Waals surface area contributed by atoms with E-state index in [0.29, 0.717) is 22.0 Å². The summed E-state index contributed by atoms with van der Waals surface area (Å²) in [5.41, 5.74) is 0.878. The number of anilines is 1. The Balaban J connectivity index is 2.21. The second-order valence-electron chi connectivity index (χ2n) is 4.65. The molecule has 104 valence electrons. The summed E-state index contributed by atoms with van der Waals surface area (Å²) < 4.78 is 0. The molecule has 2 aromatic carbocycles. The standard InChI is InChI=1S/C15H11N3O3/c16-7-9-5-6-13(11-4-2-1-3-10(9)11)18-14(20)12(8-19)17-15(18)21/h1-6,12,19H,8H2,(H,17,21)/t12-/m0/s1. The summed E-state index contributed by atoms with van der Waals surface area (Å²) in [6.07, 6.45) is 0. The van der Waals surface area contributed by atoms with Crippen LogP contribution in [-0.2, 0) is 4.79 Å². The van der Waals surface area contributed by atoms with Crippen LogP contribution in [-0.4, -0.2) is 29.7 Å². The van der Waals surface area contributed by atoms with Crippen molar-refractivity contribution in [3.8, 4) is 6.07 Å². The van der Waals surface area contributed by atoms with E-state index in [9.17, 15) is 9.59 Å². The highest BCUT2D eigenvalue weighted by Gasteiger charge is 2.39. The maximum atomic E-state index is 12.2. The van der Waals surface area contributed by atoms with Gasteiger partial charge in [-0.25, -0.2) is 9.69 Å². The van der Waals surface area contributed by atoms with E-state index in [0.717, 1.165) is 4.90 Å². The number of imide groups is 1. The lowest BCUT2D eigenvalue weighted by atomic mass is 10.0. The quantitative estimate of drug-likeness (QED) is 0.807. The van der Waals surface area contributed by atoms with E-state index in [-0.39, 0.29) is 0 Å². The molecule has 1 aliphatic rings. The van der Waals surface area contributed by atoms with Crippen LogP contribution in [0.1, 0.15) is 5.56 Å². The molecule has 0 unspecified atom stereocenters. The molecule has 2 N–H and O–H groups in total. The Morgan fingerprint density at radius 1 is 1.19 bits per heavy atom. The zero-order valence-corrected chi connectivity index (χ0v) is 10.9. The van der Waals surface area contributed by atoms with Crippen molar-refractivity contribution >= 4 is 28.4 Å². The smallest absolute Gasteiger partial charge is 0.329 e. The topological polar surface area (TPSA) is 93.4 Å². The number of nitrogens with one attached hydrogen (secondary N) is 1. The minimum atomic E-state index is -0.924. The number of rotatable bonds is 2. The number of aliphatic hydroxyl groups excluding tert-OH is 1. The molecule has 1 saturated heterocycles. The summed E-state index contributed by atoms with van der Waals surface area (Å²) in [7, 11) is 0. The minimum absolute atomic E-state index is 0.406. The van der Waals surface area contributed by atoms with Gasteiger partial charge in [-0.05, 0) is 12.1 Å². The summed E-state index contributed by atoms with van der Waals surface area (Å²) in [5, 5.41) is 22.0. The average molecular weight is 281 g/mol. The Kier molecular flexibility index (Phi) is 3.05. The third-order valence-corrected chi connectivity index (χ3v) is 3.46. The van der Waals surface area contributed by atoms with Crippen molar-refractivity contribution < 1.29 is 14.7 Å². The lowest BCUT2D eigenvalue weighted by Gasteiger charge is -2.16. The van der Waals surface area contributed by atoms with Crippen LogP contribution in [0.3, 0.4) is 0 Å². The molecule has 3 amide bonds.